The molecule has 0 atom stereocenters. The van der Waals surface area contributed by atoms with Crippen LogP contribution in [0.1, 0.15) is 24.5 Å². The van der Waals surface area contributed by atoms with Gasteiger partial charge in [-0.1, -0.05) is 11.6 Å². The van der Waals surface area contributed by atoms with E-state index in [0.29, 0.717) is 16.8 Å². The van der Waals surface area contributed by atoms with Crippen molar-refractivity contribution in [1.82, 2.24) is 4.98 Å². The van der Waals surface area contributed by atoms with Gasteiger partial charge < -0.3 is 4.98 Å². The molecule has 1 heterocycles. The van der Waals surface area contributed by atoms with E-state index in [9.17, 15) is 9.18 Å². The first-order valence-corrected chi connectivity index (χ1v) is 5.55. The normalized spacial score (nSPS) is 15.6. The van der Waals surface area contributed by atoms with Gasteiger partial charge in [-0.3, -0.25) is 4.79 Å². The van der Waals surface area contributed by atoms with Crippen LogP contribution >= 0.6 is 11.6 Å². The van der Waals surface area contributed by atoms with Crippen molar-refractivity contribution in [3.63, 3.8) is 0 Å². The van der Waals surface area contributed by atoms with Gasteiger partial charge in [-0.25, -0.2) is 4.39 Å². The average molecular weight is 238 g/mol. The summed E-state index contributed by atoms with van der Waals surface area (Å²) in [5, 5.41) is 0.424. The van der Waals surface area contributed by atoms with E-state index >= 15 is 0 Å². The van der Waals surface area contributed by atoms with Crippen molar-refractivity contribution in [1.29, 1.82) is 0 Å². The van der Waals surface area contributed by atoms with Crippen molar-refractivity contribution in [3.05, 3.63) is 45.0 Å². The molecule has 82 valence electrons. The highest BCUT2D eigenvalue weighted by molar-refractivity contribution is 6.31. The summed E-state index contributed by atoms with van der Waals surface area (Å²) in [6.07, 6.45) is 2.19. The maximum Gasteiger partial charge on any atom is 0.189 e. The van der Waals surface area contributed by atoms with E-state index in [1.807, 2.05) is 0 Å². The molecule has 4 heteroatoms. The van der Waals surface area contributed by atoms with Gasteiger partial charge in [-0.15, -0.1) is 0 Å². The maximum absolute atomic E-state index is 13.3. The van der Waals surface area contributed by atoms with Crippen LogP contribution in [0.3, 0.4) is 0 Å². The van der Waals surface area contributed by atoms with Crippen molar-refractivity contribution in [2.75, 3.05) is 0 Å². The number of nitrogens with one attached hydrogen (secondary N) is 1. The van der Waals surface area contributed by atoms with E-state index in [4.69, 9.17) is 11.6 Å². The first-order chi connectivity index (χ1) is 7.65. The Bertz CT molecular complexity index is 631. The number of rotatable bonds is 1. The second kappa shape index (κ2) is 3.32. The van der Waals surface area contributed by atoms with Crippen molar-refractivity contribution in [2.45, 2.75) is 18.8 Å². The molecule has 0 radical (unpaired) electrons. The Kier molecular flexibility index (Phi) is 2.04. The van der Waals surface area contributed by atoms with Crippen LogP contribution in [0, 0.1) is 5.82 Å². The number of pyridine rings is 1. The highest BCUT2D eigenvalue weighted by Gasteiger charge is 2.25. The molecule has 1 aromatic carbocycles. The van der Waals surface area contributed by atoms with Gasteiger partial charge in [0.15, 0.2) is 5.43 Å². The molecule has 1 aromatic heterocycles. The summed E-state index contributed by atoms with van der Waals surface area (Å²) >= 11 is 5.65. The van der Waals surface area contributed by atoms with Gasteiger partial charge in [0.2, 0.25) is 0 Å². The van der Waals surface area contributed by atoms with Crippen LogP contribution in [0.5, 0.6) is 0 Å². The Labute approximate surface area is 96.1 Å². The lowest BCUT2D eigenvalue weighted by molar-refractivity contribution is 0.629. The molecule has 0 aliphatic heterocycles. The van der Waals surface area contributed by atoms with Crippen molar-refractivity contribution >= 4 is 22.5 Å². The molecule has 2 nitrogen and oxygen atoms in total. The van der Waals surface area contributed by atoms with Crippen LogP contribution in [0.25, 0.3) is 10.9 Å². The molecule has 1 aliphatic rings. The zero-order valence-electron chi connectivity index (χ0n) is 8.39. The molecule has 1 N–H and O–H groups in total. The third-order valence-corrected chi connectivity index (χ3v) is 3.20. The molecule has 0 amide bonds. The van der Waals surface area contributed by atoms with Crippen molar-refractivity contribution in [2.24, 2.45) is 0 Å². The first-order valence-electron chi connectivity index (χ1n) is 5.17. The number of aromatic nitrogens is 1. The highest BCUT2D eigenvalue weighted by atomic mass is 35.5. The number of H-pyrrole nitrogens is 1. The fraction of sp³-hybridized carbons (Fsp3) is 0.250. The topological polar surface area (TPSA) is 32.9 Å². The number of hydrogen-bond acceptors (Lipinski definition) is 1. The molecule has 0 saturated heterocycles. The molecule has 0 unspecified atom stereocenters. The SMILES string of the molecule is O=c1cc(C2CC2)[nH]c2cc(F)c(Cl)cc12. The van der Waals surface area contributed by atoms with Crippen molar-refractivity contribution < 1.29 is 4.39 Å². The average Bonchev–Trinajstić information content (AvgIpc) is 3.04. The number of aromatic amines is 1. The minimum Gasteiger partial charge on any atom is -0.358 e. The summed E-state index contributed by atoms with van der Waals surface area (Å²) in [6.45, 7) is 0. The van der Waals surface area contributed by atoms with Crippen LogP contribution in [0.15, 0.2) is 23.0 Å². The van der Waals surface area contributed by atoms with E-state index in [2.05, 4.69) is 4.98 Å². The second-order valence-electron chi connectivity index (χ2n) is 4.18. The lowest BCUT2D eigenvalue weighted by Crippen LogP contribution is -2.05. The molecule has 3 rings (SSSR count). The standard InChI is InChI=1S/C12H9ClFNO/c13-8-3-7-11(4-9(8)14)15-10(5-12(7)16)6-1-2-6/h3-6H,1-2H2,(H,15,16). The Morgan fingerprint density at radius 1 is 1.31 bits per heavy atom. The third kappa shape index (κ3) is 1.52. The van der Waals surface area contributed by atoms with Gasteiger partial charge in [-0.05, 0) is 30.9 Å². The smallest absolute Gasteiger partial charge is 0.189 e. The van der Waals surface area contributed by atoms with E-state index < -0.39 is 5.82 Å². The molecular formula is C12H9ClFNO. The minimum atomic E-state index is -0.502. The van der Waals surface area contributed by atoms with Crippen molar-refractivity contribution in [3.8, 4) is 0 Å². The number of fused-ring (bicyclic) bond motifs is 1. The molecular weight excluding hydrogens is 229 g/mol. The summed E-state index contributed by atoms with van der Waals surface area (Å²) < 4.78 is 13.3. The Morgan fingerprint density at radius 2 is 2.06 bits per heavy atom. The van der Waals surface area contributed by atoms with E-state index in [0.717, 1.165) is 18.5 Å². The lowest BCUT2D eigenvalue weighted by Gasteiger charge is -2.03. The molecule has 1 fully saturated rings. The molecule has 1 saturated carbocycles. The van der Waals surface area contributed by atoms with Crippen LogP contribution in [0.2, 0.25) is 5.02 Å². The summed E-state index contributed by atoms with van der Waals surface area (Å²) in [7, 11) is 0. The fourth-order valence-corrected chi connectivity index (χ4v) is 2.04. The van der Waals surface area contributed by atoms with E-state index in [1.54, 1.807) is 6.07 Å². The Hall–Kier alpha value is -1.35. The van der Waals surface area contributed by atoms with Gasteiger partial charge in [0.1, 0.15) is 5.82 Å². The zero-order chi connectivity index (χ0) is 11.3. The quantitative estimate of drug-likeness (QED) is 0.812. The number of benzene rings is 1. The summed E-state index contributed by atoms with van der Waals surface area (Å²) in [4.78, 5) is 14.9. The van der Waals surface area contributed by atoms with Gasteiger partial charge in [-0.2, -0.15) is 0 Å². The van der Waals surface area contributed by atoms with E-state index in [1.165, 1.54) is 12.1 Å². The summed E-state index contributed by atoms with van der Waals surface area (Å²) in [5.74, 6) is -0.0615. The van der Waals surface area contributed by atoms with Gasteiger partial charge >= 0.3 is 0 Å². The van der Waals surface area contributed by atoms with Crippen LogP contribution < -0.4 is 5.43 Å². The predicted molar refractivity (Wildman–Crippen MR) is 61.5 cm³/mol. The highest BCUT2D eigenvalue weighted by Crippen LogP contribution is 2.38. The molecule has 1 aliphatic carbocycles. The summed E-state index contributed by atoms with van der Waals surface area (Å²) in [5.41, 5.74) is 1.33. The van der Waals surface area contributed by atoms with E-state index in [-0.39, 0.29) is 10.5 Å². The van der Waals surface area contributed by atoms with Crippen LogP contribution in [-0.4, -0.2) is 4.98 Å². The third-order valence-electron chi connectivity index (χ3n) is 2.91. The number of halogens is 2. The van der Waals surface area contributed by atoms with Gasteiger partial charge in [0.05, 0.1) is 10.5 Å². The summed E-state index contributed by atoms with van der Waals surface area (Å²) in [6, 6.07) is 4.25. The monoisotopic (exact) mass is 237 g/mol. The molecule has 2 aromatic rings. The van der Waals surface area contributed by atoms with Gasteiger partial charge in [0, 0.05) is 17.1 Å². The zero-order valence-corrected chi connectivity index (χ0v) is 9.14. The number of hydrogen-bond donors (Lipinski definition) is 1. The second-order valence-corrected chi connectivity index (χ2v) is 4.58. The Balaban J connectivity index is 2.33. The first kappa shape index (κ1) is 9.85. The van der Waals surface area contributed by atoms with Gasteiger partial charge in [0.25, 0.3) is 0 Å². The fourth-order valence-electron chi connectivity index (χ4n) is 1.88. The van der Waals surface area contributed by atoms with Crippen LogP contribution in [-0.2, 0) is 0 Å². The van der Waals surface area contributed by atoms with Crippen LogP contribution in [0.4, 0.5) is 4.39 Å². The minimum absolute atomic E-state index is 0.0165. The molecule has 16 heavy (non-hydrogen) atoms. The lowest BCUT2D eigenvalue weighted by atomic mass is 10.1. The molecule has 0 spiro atoms. The Morgan fingerprint density at radius 3 is 2.75 bits per heavy atom. The maximum atomic E-state index is 13.3. The predicted octanol–water partition coefficient (Wildman–Crippen LogP) is 3.20. The largest absolute Gasteiger partial charge is 0.358 e. The molecule has 0 bridgehead atoms.